The van der Waals surface area contributed by atoms with Crippen LogP contribution >= 0.6 is 0 Å². The van der Waals surface area contributed by atoms with Gasteiger partial charge in [0, 0.05) is 11.0 Å². The average Bonchev–Trinajstić information content (AvgIpc) is 3.20. The second kappa shape index (κ2) is 7.91. The number of nitrogens with zero attached hydrogens (tertiary/aromatic N) is 3. The Morgan fingerprint density at radius 1 is 0.733 bits per heavy atom. The van der Waals surface area contributed by atoms with Gasteiger partial charge in [-0.25, -0.2) is 0 Å². The molecule has 0 atom stereocenters. The van der Waals surface area contributed by atoms with Gasteiger partial charge in [-0.3, -0.25) is 4.57 Å². The second-order valence-corrected chi connectivity index (χ2v) is 8.61. The van der Waals surface area contributed by atoms with Crippen molar-refractivity contribution in [1.82, 2.24) is 14.8 Å². The van der Waals surface area contributed by atoms with Crippen LogP contribution in [0.4, 0.5) is 0 Å². The first-order valence-corrected chi connectivity index (χ1v) is 10.6. The Bertz CT molecular complexity index is 1150. The van der Waals surface area contributed by atoms with Gasteiger partial charge in [0.2, 0.25) is 0 Å². The number of rotatable bonds is 5. The van der Waals surface area contributed by atoms with E-state index in [0.717, 1.165) is 23.6 Å². The Hall–Kier alpha value is -3.20. The molecule has 4 rings (SSSR count). The fourth-order valence-electron chi connectivity index (χ4n) is 3.91. The van der Waals surface area contributed by atoms with E-state index in [2.05, 4.69) is 106 Å². The third kappa shape index (κ3) is 3.56. The largest absolute Gasteiger partial charge is 0.278 e. The van der Waals surface area contributed by atoms with Crippen molar-refractivity contribution in [3.63, 3.8) is 0 Å². The molecule has 0 fully saturated rings. The molecule has 3 nitrogen and oxygen atoms in total. The second-order valence-electron chi connectivity index (χ2n) is 8.61. The lowest BCUT2D eigenvalue weighted by Crippen LogP contribution is -2.22. The number of aryl methyl sites for hydroxylation is 2. The molecule has 1 heterocycles. The molecule has 1 aromatic heterocycles. The van der Waals surface area contributed by atoms with Gasteiger partial charge in [0.05, 0.1) is 5.69 Å². The van der Waals surface area contributed by atoms with E-state index in [1.165, 1.54) is 27.9 Å². The van der Waals surface area contributed by atoms with Gasteiger partial charge >= 0.3 is 0 Å². The van der Waals surface area contributed by atoms with E-state index < -0.39 is 0 Å². The lowest BCUT2D eigenvalue weighted by atomic mass is 9.89. The van der Waals surface area contributed by atoms with Crippen LogP contribution in [-0.4, -0.2) is 14.8 Å². The molecule has 0 bridgehead atoms. The summed E-state index contributed by atoms with van der Waals surface area (Å²) in [5.74, 6) is 1.89. The zero-order valence-electron chi connectivity index (χ0n) is 18.5. The van der Waals surface area contributed by atoms with Crippen molar-refractivity contribution in [1.29, 1.82) is 0 Å². The van der Waals surface area contributed by atoms with E-state index >= 15 is 0 Å². The van der Waals surface area contributed by atoms with Crippen LogP contribution in [0.25, 0.3) is 28.2 Å². The van der Waals surface area contributed by atoms with Crippen LogP contribution in [0.1, 0.15) is 44.1 Å². The number of para-hydroxylation sites is 1. The van der Waals surface area contributed by atoms with Gasteiger partial charge in [0.1, 0.15) is 5.82 Å². The van der Waals surface area contributed by atoms with Gasteiger partial charge in [-0.1, -0.05) is 87.5 Å². The molecule has 0 aliphatic heterocycles. The van der Waals surface area contributed by atoms with Gasteiger partial charge in [-0.15, -0.1) is 10.2 Å². The summed E-state index contributed by atoms with van der Waals surface area (Å²) >= 11 is 0. The summed E-state index contributed by atoms with van der Waals surface area (Å²) < 4.78 is 2.28. The molecule has 30 heavy (non-hydrogen) atoms. The van der Waals surface area contributed by atoms with Gasteiger partial charge < -0.3 is 0 Å². The molecule has 3 heteroatoms. The molecule has 0 saturated carbocycles. The molecule has 0 amide bonds. The van der Waals surface area contributed by atoms with Crippen molar-refractivity contribution < 1.29 is 0 Å². The normalized spacial score (nSPS) is 11.6. The Morgan fingerprint density at radius 2 is 1.33 bits per heavy atom. The van der Waals surface area contributed by atoms with Gasteiger partial charge in [-0.05, 0) is 48.6 Å². The van der Waals surface area contributed by atoms with Crippen molar-refractivity contribution in [2.45, 2.75) is 46.5 Å². The molecule has 0 spiro atoms. The predicted octanol–water partition coefficient (Wildman–Crippen LogP) is 6.91. The maximum absolute atomic E-state index is 4.71. The van der Waals surface area contributed by atoms with E-state index in [4.69, 9.17) is 10.2 Å². The summed E-state index contributed by atoms with van der Waals surface area (Å²) in [6, 6.07) is 25.5. The maximum atomic E-state index is 4.71. The molecule has 0 saturated heterocycles. The molecule has 152 valence electrons. The zero-order valence-corrected chi connectivity index (χ0v) is 18.5. The van der Waals surface area contributed by atoms with Crippen LogP contribution in [-0.2, 0) is 5.41 Å². The Morgan fingerprint density at radius 3 is 2.00 bits per heavy atom. The summed E-state index contributed by atoms with van der Waals surface area (Å²) in [5, 5.41) is 9.42. The average molecular weight is 396 g/mol. The first-order valence-electron chi connectivity index (χ1n) is 10.6. The molecule has 3 aromatic carbocycles. The first-order chi connectivity index (χ1) is 14.4. The van der Waals surface area contributed by atoms with Crippen LogP contribution in [0.15, 0.2) is 72.8 Å². The molecule has 0 unspecified atom stereocenters. The minimum atomic E-state index is -0.0863. The minimum Gasteiger partial charge on any atom is -0.278 e. The van der Waals surface area contributed by atoms with Crippen LogP contribution < -0.4 is 0 Å². The number of hydrogen-bond acceptors (Lipinski definition) is 2. The molecule has 4 aromatic rings. The summed E-state index contributed by atoms with van der Waals surface area (Å²) in [4.78, 5) is 0. The highest BCUT2D eigenvalue weighted by Crippen LogP contribution is 2.35. The van der Waals surface area contributed by atoms with Gasteiger partial charge in [0.25, 0.3) is 0 Å². The van der Waals surface area contributed by atoms with Crippen molar-refractivity contribution >= 4 is 0 Å². The SMILES string of the molecule is CCC(C)(C)c1nnc(-c2cccc(-c3ccccc3)c2)n1-c1c(C)cccc1C. The quantitative estimate of drug-likeness (QED) is 0.368. The minimum absolute atomic E-state index is 0.0863. The van der Waals surface area contributed by atoms with Crippen LogP contribution in [0, 0.1) is 13.8 Å². The van der Waals surface area contributed by atoms with Crippen LogP contribution in [0.5, 0.6) is 0 Å². The van der Waals surface area contributed by atoms with Crippen LogP contribution in [0.3, 0.4) is 0 Å². The number of hydrogen-bond donors (Lipinski definition) is 0. The van der Waals surface area contributed by atoms with Gasteiger partial charge in [0.15, 0.2) is 5.82 Å². The topological polar surface area (TPSA) is 30.7 Å². The van der Waals surface area contributed by atoms with Crippen LogP contribution in [0.2, 0.25) is 0 Å². The zero-order chi connectivity index (χ0) is 21.3. The molecular weight excluding hydrogens is 366 g/mol. The molecule has 0 N–H and O–H groups in total. The Kier molecular flexibility index (Phi) is 5.29. The fraction of sp³-hybridized carbons (Fsp3) is 0.259. The third-order valence-corrected chi connectivity index (χ3v) is 6.04. The van der Waals surface area contributed by atoms with Crippen molar-refractivity contribution in [3.8, 4) is 28.2 Å². The maximum Gasteiger partial charge on any atom is 0.168 e. The van der Waals surface area contributed by atoms with E-state index in [-0.39, 0.29) is 5.41 Å². The summed E-state index contributed by atoms with van der Waals surface area (Å²) in [6.07, 6.45) is 0.986. The van der Waals surface area contributed by atoms with Crippen molar-refractivity contribution in [3.05, 3.63) is 89.7 Å². The lowest BCUT2D eigenvalue weighted by molar-refractivity contribution is 0.464. The number of benzene rings is 3. The van der Waals surface area contributed by atoms with Crippen molar-refractivity contribution in [2.24, 2.45) is 0 Å². The molecule has 0 aliphatic carbocycles. The Labute approximate surface area is 179 Å². The fourth-order valence-corrected chi connectivity index (χ4v) is 3.91. The first kappa shape index (κ1) is 20.1. The smallest absolute Gasteiger partial charge is 0.168 e. The van der Waals surface area contributed by atoms with Crippen molar-refractivity contribution in [2.75, 3.05) is 0 Å². The third-order valence-electron chi connectivity index (χ3n) is 6.04. The number of aromatic nitrogens is 3. The standard InChI is InChI=1S/C27H29N3/c1-6-27(4,5)26-29-28-25(30(26)24-19(2)12-10-13-20(24)3)23-17-11-16-22(18-23)21-14-8-7-9-15-21/h7-18H,6H2,1-5H3. The highest BCUT2D eigenvalue weighted by molar-refractivity contribution is 5.71. The van der Waals surface area contributed by atoms with E-state index in [1.807, 2.05) is 6.07 Å². The molecular formula is C27H29N3. The Balaban J connectivity index is 1.97. The molecule has 0 radical (unpaired) electrons. The highest BCUT2D eigenvalue weighted by atomic mass is 15.3. The van der Waals surface area contributed by atoms with E-state index in [1.54, 1.807) is 0 Å². The van der Waals surface area contributed by atoms with Gasteiger partial charge in [-0.2, -0.15) is 0 Å². The van der Waals surface area contributed by atoms with E-state index in [0.29, 0.717) is 0 Å². The lowest BCUT2D eigenvalue weighted by Gasteiger charge is -2.25. The monoisotopic (exact) mass is 395 g/mol. The predicted molar refractivity (Wildman–Crippen MR) is 125 cm³/mol. The van der Waals surface area contributed by atoms with E-state index in [9.17, 15) is 0 Å². The molecule has 0 aliphatic rings. The summed E-state index contributed by atoms with van der Waals surface area (Å²) in [6.45, 7) is 11.0. The highest BCUT2D eigenvalue weighted by Gasteiger charge is 2.29. The summed E-state index contributed by atoms with van der Waals surface area (Å²) in [5.41, 5.74) is 7.00. The summed E-state index contributed by atoms with van der Waals surface area (Å²) in [7, 11) is 0.